The van der Waals surface area contributed by atoms with E-state index in [1.165, 1.54) is 6.07 Å². The molecule has 2 aromatic carbocycles. The van der Waals surface area contributed by atoms with Crippen molar-refractivity contribution in [2.75, 3.05) is 0 Å². The van der Waals surface area contributed by atoms with E-state index in [4.69, 9.17) is 10.0 Å². The van der Waals surface area contributed by atoms with Crippen molar-refractivity contribution < 1.29 is 38.0 Å². The summed E-state index contributed by atoms with van der Waals surface area (Å²) in [6.45, 7) is -0.155. The van der Waals surface area contributed by atoms with E-state index in [9.17, 15) is 28.0 Å². The Balaban J connectivity index is 0.000000169. The number of carbonyl (C=O) groups is 4. The number of amides is 4. The number of nitrogens with zero attached hydrogens (tertiary/aromatic N) is 4. The van der Waals surface area contributed by atoms with Gasteiger partial charge in [0.1, 0.15) is 5.82 Å². The average Bonchev–Trinajstić information content (AvgIpc) is 3.37. The van der Waals surface area contributed by atoms with Crippen LogP contribution in [0.3, 0.4) is 0 Å². The third-order valence-corrected chi connectivity index (χ3v) is 7.09. The number of hydrogen-bond donors (Lipinski definition) is 2. The highest BCUT2D eigenvalue weighted by Gasteiger charge is 2.36. The third-order valence-electron chi connectivity index (χ3n) is 6.48. The first kappa shape index (κ1) is 28.9. The van der Waals surface area contributed by atoms with Gasteiger partial charge >= 0.3 is 7.12 Å². The minimum Gasteiger partial charge on any atom is -0.423 e. The molecule has 0 spiro atoms. The van der Waals surface area contributed by atoms with Crippen LogP contribution in [0, 0.1) is 11.6 Å². The first-order chi connectivity index (χ1) is 20.1. The number of pyridine rings is 2. The number of halogens is 3. The van der Waals surface area contributed by atoms with Crippen LogP contribution in [-0.4, -0.2) is 60.6 Å². The SMILES string of the molecule is O=C1c2ccccc2C(=O)N1Cc1cc(B(O)O)c(F)cn1.O=C1c2ccccc2C(=O)N1Cc1cc(Br)c(F)cn1. The minimum atomic E-state index is -2.00. The van der Waals surface area contributed by atoms with Gasteiger partial charge in [-0.05, 0) is 52.3 Å². The van der Waals surface area contributed by atoms with Crippen LogP contribution in [0.15, 0.2) is 77.5 Å². The minimum absolute atomic E-state index is 0.0191. The van der Waals surface area contributed by atoms with Crippen molar-refractivity contribution in [1.29, 1.82) is 0 Å². The number of imide groups is 2. The van der Waals surface area contributed by atoms with Gasteiger partial charge in [-0.15, -0.1) is 0 Å². The van der Waals surface area contributed by atoms with Crippen molar-refractivity contribution in [2.24, 2.45) is 0 Å². The molecule has 0 saturated heterocycles. The number of aromatic nitrogens is 2. The fourth-order valence-corrected chi connectivity index (χ4v) is 4.78. The summed E-state index contributed by atoms with van der Waals surface area (Å²) in [7, 11) is -2.00. The predicted octanol–water partition coefficient (Wildman–Crippen LogP) is 2.48. The van der Waals surface area contributed by atoms with E-state index in [0.29, 0.717) is 27.9 Å². The van der Waals surface area contributed by atoms with Gasteiger partial charge in [-0.25, -0.2) is 8.78 Å². The van der Waals surface area contributed by atoms with Crippen LogP contribution >= 0.6 is 15.9 Å². The Labute approximate surface area is 245 Å². The zero-order valence-electron chi connectivity index (χ0n) is 21.4. The Bertz CT molecular complexity index is 1700. The molecule has 0 bridgehead atoms. The summed E-state index contributed by atoms with van der Waals surface area (Å²) in [6, 6.07) is 15.6. The molecule has 0 unspecified atom stereocenters. The van der Waals surface area contributed by atoms with E-state index in [1.54, 1.807) is 48.5 Å². The van der Waals surface area contributed by atoms with E-state index < -0.39 is 30.6 Å². The summed E-state index contributed by atoms with van der Waals surface area (Å²) < 4.78 is 26.7. The molecule has 6 rings (SSSR count). The summed E-state index contributed by atoms with van der Waals surface area (Å²) >= 11 is 3.05. The second-order valence-electron chi connectivity index (χ2n) is 9.14. The van der Waals surface area contributed by atoms with Gasteiger partial charge in [0.25, 0.3) is 23.6 Å². The molecule has 4 heterocycles. The number of fused-ring (bicyclic) bond motifs is 2. The molecule has 2 aliphatic heterocycles. The number of benzene rings is 2. The van der Waals surface area contributed by atoms with Gasteiger partial charge in [0, 0.05) is 5.46 Å². The molecule has 2 N–H and O–H groups in total. The lowest BCUT2D eigenvalue weighted by Crippen LogP contribution is -2.35. The number of rotatable bonds is 5. The van der Waals surface area contributed by atoms with Gasteiger partial charge in [0.2, 0.25) is 0 Å². The molecule has 4 amide bonds. The molecule has 4 aromatic rings. The molecular weight excluding hydrogens is 617 g/mol. The lowest BCUT2D eigenvalue weighted by Gasteiger charge is -2.14. The van der Waals surface area contributed by atoms with Crippen LogP contribution in [0.2, 0.25) is 0 Å². The van der Waals surface area contributed by atoms with Crippen molar-refractivity contribution in [3.8, 4) is 0 Å². The monoisotopic (exact) mass is 634 g/mol. The highest BCUT2D eigenvalue weighted by molar-refractivity contribution is 9.10. The smallest absolute Gasteiger partial charge is 0.423 e. The molecule has 14 heteroatoms. The zero-order chi connectivity index (χ0) is 30.1. The number of hydrogen-bond acceptors (Lipinski definition) is 8. The third kappa shape index (κ3) is 5.46. The Kier molecular flexibility index (Phi) is 8.03. The molecule has 0 aliphatic carbocycles. The molecule has 0 radical (unpaired) electrons. The van der Waals surface area contributed by atoms with Crippen LogP contribution < -0.4 is 5.46 Å². The second kappa shape index (κ2) is 11.7. The standard InChI is InChI=1S/C14H10BFN2O4.C14H8BrFN2O2/c16-12-6-17-8(5-11(12)15(21)22)7-18-13(19)9-3-1-2-4-10(9)14(18)20;15-11-5-8(17-6-12(11)16)7-18-13(19)9-3-1-2-4-10(9)14(18)20/h1-6,21-22H,7H2;1-6H,7H2. The van der Waals surface area contributed by atoms with Crippen molar-refractivity contribution in [2.45, 2.75) is 13.1 Å². The molecule has 0 atom stereocenters. The summed E-state index contributed by atoms with van der Waals surface area (Å²) in [5, 5.41) is 18.2. The van der Waals surface area contributed by atoms with Crippen LogP contribution in [0.4, 0.5) is 8.78 Å². The molecule has 2 aromatic heterocycles. The van der Waals surface area contributed by atoms with E-state index in [1.807, 2.05) is 0 Å². The Morgan fingerprint density at radius 2 is 1.05 bits per heavy atom. The first-order valence-electron chi connectivity index (χ1n) is 12.3. The van der Waals surface area contributed by atoms with Gasteiger partial charge in [0.05, 0.1) is 63.6 Å². The van der Waals surface area contributed by atoms with Gasteiger partial charge in [-0.2, -0.15) is 0 Å². The van der Waals surface area contributed by atoms with Crippen molar-refractivity contribution in [3.63, 3.8) is 0 Å². The fraction of sp³-hybridized carbons (Fsp3) is 0.0714. The predicted molar refractivity (Wildman–Crippen MR) is 147 cm³/mol. The zero-order valence-corrected chi connectivity index (χ0v) is 23.0. The lowest BCUT2D eigenvalue weighted by atomic mass is 9.80. The summed E-state index contributed by atoms with van der Waals surface area (Å²) in [6.07, 6.45) is 1.87. The quantitative estimate of drug-likeness (QED) is 0.252. The Hall–Kier alpha value is -4.66. The molecule has 42 heavy (non-hydrogen) atoms. The Morgan fingerprint density at radius 3 is 1.43 bits per heavy atom. The highest BCUT2D eigenvalue weighted by atomic mass is 79.9. The van der Waals surface area contributed by atoms with E-state index in [2.05, 4.69) is 25.9 Å². The van der Waals surface area contributed by atoms with Gasteiger partial charge in [-0.1, -0.05) is 24.3 Å². The van der Waals surface area contributed by atoms with Crippen molar-refractivity contribution >= 4 is 52.1 Å². The molecule has 2 aliphatic rings. The molecule has 10 nitrogen and oxygen atoms in total. The van der Waals surface area contributed by atoms with Gasteiger partial charge in [-0.3, -0.25) is 38.9 Å². The normalized spacial score (nSPS) is 13.6. The topological polar surface area (TPSA) is 141 Å². The average molecular weight is 635 g/mol. The van der Waals surface area contributed by atoms with Gasteiger partial charge in [0.15, 0.2) is 5.82 Å². The van der Waals surface area contributed by atoms with Crippen LogP contribution in [0.5, 0.6) is 0 Å². The Morgan fingerprint density at radius 1 is 0.667 bits per heavy atom. The first-order valence-corrected chi connectivity index (χ1v) is 13.1. The fourth-order valence-electron chi connectivity index (χ4n) is 4.41. The maximum atomic E-state index is 13.4. The lowest BCUT2D eigenvalue weighted by molar-refractivity contribution is 0.0625. The summed E-state index contributed by atoms with van der Waals surface area (Å²) in [5.41, 5.74) is 1.64. The molecule has 210 valence electrons. The van der Waals surface area contributed by atoms with Crippen LogP contribution in [-0.2, 0) is 13.1 Å². The second-order valence-corrected chi connectivity index (χ2v) is 10.00. The molecular formula is C28H18BBrF2N4O6. The van der Waals surface area contributed by atoms with Crippen LogP contribution in [0.25, 0.3) is 0 Å². The largest absolute Gasteiger partial charge is 0.491 e. The van der Waals surface area contributed by atoms with Gasteiger partial charge < -0.3 is 10.0 Å². The summed E-state index contributed by atoms with van der Waals surface area (Å²) in [4.78, 5) is 58.5. The maximum absolute atomic E-state index is 13.4. The van der Waals surface area contributed by atoms with E-state index >= 15 is 0 Å². The van der Waals surface area contributed by atoms with E-state index in [-0.39, 0.29) is 40.5 Å². The van der Waals surface area contributed by atoms with Crippen molar-refractivity contribution in [3.05, 3.63) is 123 Å². The molecule has 0 saturated carbocycles. The van der Waals surface area contributed by atoms with E-state index in [0.717, 1.165) is 28.3 Å². The van der Waals surface area contributed by atoms with Crippen LogP contribution in [0.1, 0.15) is 52.8 Å². The number of carbonyl (C=O) groups excluding carboxylic acids is 4. The summed E-state index contributed by atoms with van der Waals surface area (Å²) in [5.74, 6) is -2.99. The van der Waals surface area contributed by atoms with Crippen molar-refractivity contribution in [1.82, 2.24) is 19.8 Å². The highest BCUT2D eigenvalue weighted by Crippen LogP contribution is 2.25. The molecule has 0 fully saturated rings. The maximum Gasteiger partial charge on any atom is 0.491 e.